The molecule has 20 heteroatoms. The summed E-state index contributed by atoms with van der Waals surface area (Å²) in [4.78, 5) is 117. The number of fused-ring (bicyclic) bond motifs is 2. The number of likely N-dealkylation sites (tertiary alicyclic amines) is 2. The number of Topliss-reactive ketones (excluding diaryl/α,β-unsaturated/α-hetero) is 2. The van der Waals surface area contributed by atoms with Crippen molar-refractivity contribution in [1.82, 2.24) is 41.7 Å². The van der Waals surface area contributed by atoms with E-state index < -0.39 is 70.7 Å². The molecule has 0 saturated carbocycles. The molecule has 2 heterocycles. The minimum Gasteiger partial charge on any atom is -0.497 e. The van der Waals surface area contributed by atoms with E-state index in [2.05, 4.69) is 31.9 Å². The van der Waals surface area contributed by atoms with Crippen LogP contribution in [0.2, 0.25) is 0 Å². The Labute approximate surface area is 496 Å². The summed E-state index contributed by atoms with van der Waals surface area (Å²) in [6.45, 7) is 14.7. The van der Waals surface area contributed by atoms with Gasteiger partial charge in [-0.2, -0.15) is 0 Å². The number of carbonyl (C=O) groups excluding carboxylic acids is 8. The number of rotatable bonds is 20. The molecule has 6 amide bonds. The van der Waals surface area contributed by atoms with Crippen LogP contribution >= 0.6 is 24.8 Å². The zero-order chi connectivity index (χ0) is 58.4. The fourth-order valence-corrected chi connectivity index (χ4v) is 11.8. The summed E-state index contributed by atoms with van der Waals surface area (Å²) in [7, 11) is 6.55. The van der Waals surface area contributed by atoms with E-state index in [1.807, 2.05) is 77.9 Å². The molecule has 2 fully saturated rings. The fraction of sp³-hybridized carbons (Fsp3) is 0.581. The predicted octanol–water partition coefficient (Wildman–Crippen LogP) is 6.79. The van der Waals surface area contributed by atoms with E-state index in [0.29, 0.717) is 24.0 Å². The molecule has 10 atom stereocenters. The first kappa shape index (κ1) is 66.7. The van der Waals surface area contributed by atoms with Crippen LogP contribution in [-0.2, 0) is 41.6 Å². The highest BCUT2D eigenvalue weighted by Gasteiger charge is 2.48. The van der Waals surface area contributed by atoms with Crippen LogP contribution in [0.1, 0.15) is 162 Å². The van der Waals surface area contributed by atoms with Gasteiger partial charge in [0.15, 0.2) is 11.6 Å². The Kier molecular flexibility index (Phi) is 23.2. The van der Waals surface area contributed by atoms with Crippen molar-refractivity contribution in [1.29, 1.82) is 0 Å². The van der Waals surface area contributed by atoms with Crippen molar-refractivity contribution >= 4 is 71.8 Å². The summed E-state index contributed by atoms with van der Waals surface area (Å²) in [6.07, 6.45) is 5.14. The number of likely N-dealkylation sites (N-methyl/N-ethyl adjacent to an activating group) is 2. The zero-order valence-corrected chi connectivity index (χ0v) is 51.5. The van der Waals surface area contributed by atoms with Crippen molar-refractivity contribution < 1.29 is 47.8 Å². The number of hydrogen-bond acceptors (Lipinski definition) is 12. The van der Waals surface area contributed by atoms with Crippen molar-refractivity contribution in [3.05, 3.63) is 94.0 Å². The smallest absolute Gasteiger partial charge is 0.246 e. The molecule has 0 bridgehead atoms. The van der Waals surface area contributed by atoms with Crippen molar-refractivity contribution in [3.63, 3.8) is 0 Å². The van der Waals surface area contributed by atoms with Crippen LogP contribution in [-0.4, -0.2) is 134 Å². The van der Waals surface area contributed by atoms with Gasteiger partial charge in [-0.15, -0.1) is 24.8 Å². The second-order valence-electron chi connectivity index (χ2n) is 24.7. The second-order valence-corrected chi connectivity index (χ2v) is 24.7. The minimum atomic E-state index is -0.983. The van der Waals surface area contributed by atoms with E-state index in [0.717, 1.165) is 59.4 Å². The largest absolute Gasteiger partial charge is 0.497 e. The summed E-state index contributed by atoms with van der Waals surface area (Å²) in [5.74, 6) is -2.18. The van der Waals surface area contributed by atoms with Gasteiger partial charge in [-0.05, 0) is 155 Å². The van der Waals surface area contributed by atoms with Gasteiger partial charge in [-0.25, -0.2) is 0 Å². The number of ether oxygens (including phenoxy) is 2. The Bertz CT molecular complexity index is 2630. The molecular weight excluding hydrogens is 1090 g/mol. The standard InChI is InChI=1S/C62H86N8O10.2ClH/c1-35(63-9)55(73)67-53(61(3,4)5)59(77)69-33-37(26-49(69)57(75)65-47-20-14-16-39-31-43(79-11)22-24-45(39)47)28-51(71)41-18-13-19-42(30-41)52(72)29-38-27-50(58(76)66-48-21-15-17-40-32-44(80-12)23-25-46(40)48)70(34-38)60(78)54(62(6,7)8)68-56(74)36(2)64-10;;/h13,18-19,22-25,30-32,35-38,47-50,53-54,63-64H,14-17,20-21,26-29,33-34H2,1-12H3,(H,65,75)(H,66,76)(H,67,73)(H,68,74);2*1H/t35-,36-,37+,38+,47+,48+,49-,50-,53+,54+;;/m0../s1. The molecule has 0 radical (unpaired) electrons. The van der Waals surface area contributed by atoms with Gasteiger partial charge in [0.05, 0.1) is 38.4 Å². The molecule has 0 spiro atoms. The van der Waals surface area contributed by atoms with E-state index in [1.165, 1.54) is 9.80 Å². The first-order chi connectivity index (χ1) is 37.8. The number of methoxy groups -OCH3 is 2. The number of benzene rings is 3. The number of aryl methyl sites for hydroxylation is 2. The molecule has 4 aliphatic rings. The summed E-state index contributed by atoms with van der Waals surface area (Å²) in [6, 6.07) is 12.6. The molecule has 2 aliphatic heterocycles. The van der Waals surface area contributed by atoms with Gasteiger partial charge in [0, 0.05) is 37.1 Å². The van der Waals surface area contributed by atoms with E-state index in [1.54, 1.807) is 66.4 Å². The van der Waals surface area contributed by atoms with Gasteiger partial charge in [0.1, 0.15) is 35.7 Å². The topological polar surface area (TPSA) is 234 Å². The maximum absolute atomic E-state index is 14.8. The number of nitrogens with one attached hydrogen (secondary N) is 6. The van der Waals surface area contributed by atoms with Crippen LogP contribution < -0.4 is 41.4 Å². The normalized spacial score (nSPS) is 21.8. The Balaban J connectivity index is 0.00000616. The molecule has 82 heavy (non-hydrogen) atoms. The summed E-state index contributed by atoms with van der Waals surface area (Å²) >= 11 is 0. The highest BCUT2D eigenvalue weighted by atomic mass is 35.5. The third-order valence-electron chi connectivity index (χ3n) is 16.8. The molecule has 3 aromatic rings. The monoisotopic (exact) mass is 1170 g/mol. The minimum absolute atomic E-state index is 0. The van der Waals surface area contributed by atoms with Gasteiger partial charge in [-0.1, -0.05) is 71.9 Å². The molecule has 2 saturated heterocycles. The zero-order valence-electron chi connectivity index (χ0n) is 49.8. The number of nitrogens with zero attached hydrogens (tertiary/aromatic N) is 2. The molecule has 18 nitrogen and oxygen atoms in total. The van der Waals surface area contributed by atoms with Gasteiger partial charge in [-0.3, -0.25) is 38.4 Å². The lowest BCUT2D eigenvalue weighted by Gasteiger charge is -2.36. The molecule has 7 rings (SSSR count). The second kappa shape index (κ2) is 28.5. The van der Waals surface area contributed by atoms with E-state index >= 15 is 0 Å². The SMILES string of the molecule is CN[C@@H](C)C(=O)N[C@H](C(=O)N1C[C@@H](CC(=O)c2cccc(C(=O)C[C@H]3C[C@@H](C(=O)N[C@@H]4CCCc5cc(OC)ccc54)N(C(=O)[C@@H](NC(=O)[C@H](C)NC)C(C)(C)C)C3)c2)C[C@H]1C(=O)N[C@@H]1CCCc2cc(OC)ccc21)C(C)(C)C.Cl.Cl. The number of amides is 6. The molecule has 0 aromatic heterocycles. The van der Waals surface area contributed by atoms with Crippen molar-refractivity contribution in [3.8, 4) is 11.5 Å². The van der Waals surface area contributed by atoms with Gasteiger partial charge in [0.25, 0.3) is 0 Å². The van der Waals surface area contributed by atoms with Crippen molar-refractivity contribution in [2.45, 2.75) is 168 Å². The third-order valence-corrected chi connectivity index (χ3v) is 16.8. The number of hydrogen-bond donors (Lipinski definition) is 6. The quantitative estimate of drug-likeness (QED) is 0.0642. The number of ketones is 2. The highest BCUT2D eigenvalue weighted by molar-refractivity contribution is 6.02. The number of halogens is 2. The Morgan fingerprint density at radius 1 is 0.573 bits per heavy atom. The van der Waals surface area contributed by atoms with E-state index in [9.17, 15) is 38.4 Å². The highest BCUT2D eigenvalue weighted by Crippen LogP contribution is 2.38. The van der Waals surface area contributed by atoms with Crippen molar-refractivity contribution in [2.24, 2.45) is 22.7 Å². The van der Waals surface area contributed by atoms with Gasteiger partial charge < -0.3 is 51.2 Å². The Morgan fingerprint density at radius 3 is 1.29 bits per heavy atom. The van der Waals surface area contributed by atoms with Crippen LogP contribution in [0.4, 0.5) is 0 Å². The van der Waals surface area contributed by atoms with Gasteiger partial charge in [0.2, 0.25) is 35.4 Å². The maximum atomic E-state index is 14.8. The summed E-state index contributed by atoms with van der Waals surface area (Å²) in [5, 5.41) is 18.2. The molecule has 0 unspecified atom stereocenters. The molecule has 2 aliphatic carbocycles. The Hall–Kier alpha value is -6.08. The van der Waals surface area contributed by atoms with Crippen LogP contribution in [0.5, 0.6) is 11.5 Å². The third kappa shape index (κ3) is 15.8. The van der Waals surface area contributed by atoms with Gasteiger partial charge >= 0.3 is 0 Å². The fourth-order valence-electron chi connectivity index (χ4n) is 11.8. The van der Waals surface area contributed by atoms with Crippen molar-refractivity contribution in [2.75, 3.05) is 41.4 Å². The average molecular weight is 1180 g/mol. The van der Waals surface area contributed by atoms with Crippen LogP contribution in [0, 0.1) is 22.7 Å². The lowest BCUT2D eigenvalue weighted by molar-refractivity contribution is -0.144. The summed E-state index contributed by atoms with van der Waals surface area (Å²) < 4.78 is 11.0. The molecule has 450 valence electrons. The lowest BCUT2D eigenvalue weighted by atomic mass is 9.85. The Morgan fingerprint density at radius 2 is 0.951 bits per heavy atom. The van der Waals surface area contributed by atoms with Crippen LogP contribution in [0.3, 0.4) is 0 Å². The predicted molar refractivity (Wildman–Crippen MR) is 319 cm³/mol. The van der Waals surface area contributed by atoms with Crippen LogP contribution in [0.25, 0.3) is 0 Å². The molecule has 3 aromatic carbocycles. The number of carbonyl (C=O) groups is 8. The maximum Gasteiger partial charge on any atom is 0.246 e. The lowest BCUT2D eigenvalue weighted by Crippen LogP contribution is -2.59. The van der Waals surface area contributed by atoms with E-state index in [4.69, 9.17) is 9.47 Å². The summed E-state index contributed by atoms with van der Waals surface area (Å²) in [5.41, 5.74) is 3.26. The van der Waals surface area contributed by atoms with Crippen LogP contribution in [0.15, 0.2) is 60.7 Å². The first-order valence-corrected chi connectivity index (χ1v) is 28.5. The molecular formula is C62H88Cl2N8O10. The molecule has 6 N–H and O–H groups in total. The van der Waals surface area contributed by atoms with E-state index in [-0.39, 0.29) is 111 Å². The average Bonchev–Trinajstić information content (AvgIpc) is 4.16. The first-order valence-electron chi connectivity index (χ1n) is 28.5.